The number of hydrogen-bond donors (Lipinski definition) is 1. The van der Waals surface area contributed by atoms with Crippen LogP contribution < -0.4 is 14.2 Å². The lowest BCUT2D eigenvalue weighted by Gasteiger charge is -2.74. The van der Waals surface area contributed by atoms with Crippen LogP contribution in [0.1, 0.15) is 55.2 Å². The van der Waals surface area contributed by atoms with Crippen molar-refractivity contribution < 1.29 is 33.6 Å². The number of piperidine rings is 1. The molecule has 0 amide bonds. The summed E-state index contributed by atoms with van der Waals surface area (Å²) in [6.45, 7) is 3.10. The zero-order chi connectivity index (χ0) is 28.7. The molecule has 9 rings (SSSR count). The van der Waals surface area contributed by atoms with Crippen molar-refractivity contribution in [2.45, 2.75) is 74.7 Å². The third-order valence-corrected chi connectivity index (χ3v) is 11.9. The maximum atomic E-state index is 10.8. The van der Waals surface area contributed by atoms with Gasteiger partial charge in [-0.1, -0.05) is 18.2 Å². The second kappa shape index (κ2) is 9.60. The van der Waals surface area contributed by atoms with Gasteiger partial charge in [-0.15, -0.1) is 0 Å². The van der Waals surface area contributed by atoms with Gasteiger partial charge in [-0.25, -0.2) is 4.79 Å². The van der Waals surface area contributed by atoms with E-state index < -0.39 is 11.6 Å². The molecule has 4 saturated carbocycles. The van der Waals surface area contributed by atoms with Crippen molar-refractivity contribution in [1.29, 1.82) is 0 Å². The van der Waals surface area contributed by atoms with Gasteiger partial charge >= 0.3 is 5.97 Å². The summed E-state index contributed by atoms with van der Waals surface area (Å²) in [5.74, 6) is 2.46. The molecule has 42 heavy (non-hydrogen) atoms. The van der Waals surface area contributed by atoms with Crippen molar-refractivity contribution in [1.82, 2.24) is 4.90 Å². The summed E-state index contributed by atoms with van der Waals surface area (Å²) in [7, 11) is 3.63. The first kappa shape index (κ1) is 26.8. The lowest BCUT2D eigenvalue weighted by Crippen LogP contribution is -2.81. The van der Waals surface area contributed by atoms with Crippen LogP contribution in [0.25, 0.3) is 0 Å². The van der Waals surface area contributed by atoms with E-state index in [1.54, 1.807) is 19.2 Å². The fourth-order valence-corrected chi connectivity index (χ4v) is 10.0. The summed E-state index contributed by atoms with van der Waals surface area (Å²) in [5, 5.41) is 8.86. The molecule has 8 heteroatoms. The van der Waals surface area contributed by atoms with Crippen LogP contribution in [0.15, 0.2) is 36.4 Å². The zero-order valence-corrected chi connectivity index (χ0v) is 24.6. The minimum Gasteiger partial charge on any atom is -0.493 e. The standard InChI is InChI=1S/C34H41NO7/c1-38-26-10-7-23-15-27-32-11-12-34(39-2,24(16-32)19-40-18-22-5-8-25(9-6-22)41-20-28(36)37)31-33(32,29(23)30(26)42-31)13-14-35(27)17-21-3-4-21/h5-10,21,24,27,31H,3-4,11-20H2,1-2H3,(H,36,37)/t24-,27-,31-,32?,33?,34?/m1/s1. The van der Waals surface area contributed by atoms with Gasteiger partial charge in [0, 0.05) is 42.0 Å². The van der Waals surface area contributed by atoms with Crippen LogP contribution in [0.3, 0.4) is 0 Å². The summed E-state index contributed by atoms with van der Waals surface area (Å²) in [6, 6.07) is 12.4. The predicted octanol–water partition coefficient (Wildman–Crippen LogP) is 4.60. The van der Waals surface area contributed by atoms with Crippen LogP contribution in [-0.4, -0.2) is 74.2 Å². The SMILES string of the molecule is COc1ccc2c3c1O[C@H]1C4(OC)CCC5(C[C@@H]4COCc4ccc(OCC(=O)O)cc4)[C@@H](C2)N(CC2CC2)CCC315. The Kier molecular flexibility index (Phi) is 6.12. The van der Waals surface area contributed by atoms with Gasteiger partial charge in [-0.3, -0.25) is 4.90 Å². The minimum atomic E-state index is -0.987. The number of methoxy groups -OCH3 is 2. The maximum Gasteiger partial charge on any atom is 0.341 e. The molecule has 5 aliphatic carbocycles. The van der Waals surface area contributed by atoms with E-state index in [2.05, 4.69) is 17.0 Å². The molecule has 5 fully saturated rings. The third-order valence-electron chi connectivity index (χ3n) is 11.9. The molecule has 2 aliphatic heterocycles. The van der Waals surface area contributed by atoms with Gasteiger partial charge in [-0.05, 0) is 86.7 Å². The highest BCUT2D eigenvalue weighted by molar-refractivity contribution is 5.68. The summed E-state index contributed by atoms with van der Waals surface area (Å²) >= 11 is 0. The Morgan fingerprint density at radius 2 is 1.93 bits per heavy atom. The Bertz CT molecular complexity index is 1390. The predicted molar refractivity (Wildman–Crippen MR) is 154 cm³/mol. The number of rotatable bonds is 11. The number of carbonyl (C=O) groups is 1. The Labute approximate surface area is 247 Å². The van der Waals surface area contributed by atoms with Crippen LogP contribution in [0.2, 0.25) is 0 Å². The Morgan fingerprint density at radius 3 is 2.67 bits per heavy atom. The van der Waals surface area contributed by atoms with Gasteiger partial charge in [-0.2, -0.15) is 0 Å². The first-order valence-electron chi connectivity index (χ1n) is 15.6. The molecule has 4 bridgehead atoms. The van der Waals surface area contributed by atoms with Crippen LogP contribution in [0.5, 0.6) is 17.2 Å². The number of likely N-dealkylation sites (tertiary alicyclic amines) is 1. The van der Waals surface area contributed by atoms with E-state index in [4.69, 9.17) is 28.8 Å². The molecular weight excluding hydrogens is 534 g/mol. The minimum absolute atomic E-state index is 0.0484. The lowest BCUT2D eigenvalue weighted by molar-refractivity contribution is -0.283. The van der Waals surface area contributed by atoms with E-state index >= 15 is 0 Å². The van der Waals surface area contributed by atoms with Crippen LogP contribution in [-0.2, 0) is 32.7 Å². The van der Waals surface area contributed by atoms with Crippen LogP contribution in [0.4, 0.5) is 0 Å². The fourth-order valence-electron chi connectivity index (χ4n) is 10.0. The highest BCUT2D eigenvalue weighted by Crippen LogP contribution is 2.76. The molecular formula is C34H41NO7. The molecule has 1 N–H and O–H groups in total. The van der Waals surface area contributed by atoms with Crippen molar-refractivity contribution in [2.75, 3.05) is 40.5 Å². The molecule has 2 aromatic rings. The summed E-state index contributed by atoms with van der Waals surface area (Å²) in [4.78, 5) is 13.7. The normalized spacial score (nSPS) is 35.4. The highest BCUT2D eigenvalue weighted by Gasteiger charge is 2.80. The van der Waals surface area contributed by atoms with Crippen LogP contribution in [0, 0.1) is 17.3 Å². The molecule has 6 atom stereocenters. The smallest absolute Gasteiger partial charge is 0.341 e. The van der Waals surface area contributed by atoms with E-state index in [0.717, 1.165) is 61.6 Å². The number of fused-ring (bicyclic) bond motifs is 2. The van der Waals surface area contributed by atoms with Crippen LogP contribution >= 0.6 is 0 Å². The van der Waals surface area contributed by atoms with E-state index in [1.807, 2.05) is 19.2 Å². The number of ether oxygens (including phenoxy) is 5. The van der Waals surface area contributed by atoms with Crippen molar-refractivity contribution in [2.24, 2.45) is 17.3 Å². The average molecular weight is 576 g/mol. The molecule has 1 saturated heterocycles. The number of aliphatic carboxylic acids is 1. The molecule has 3 unspecified atom stereocenters. The quantitative estimate of drug-likeness (QED) is 0.416. The zero-order valence-electron chi connectivity index (χ0n) is 24.6. The first-order chi connectivity index (χ1) is 20.4. The van der Waals surface area contributed by atoms with Gasteiger partial charge in [0.1, 0.15) is 17.5 Å². The fraction of sp³-hybridized carbons (Fsp3) is 0.618. The Morgan fingerprint density at radius 1 is 1.10 bits per heavy atom. The van der Waals surface area contributed by atoms with E-state index in [-0.39, 0.29) is 29.5 Å². The Balaban J connectivity index is 1.11. The van der Waals surface area contributed by atoms with Gasteiger partial charge in [0.05, 0.1) is 20.3 Å². The highest BCUT2D eigenvalue weighted by atomic mass is 16.6. The van der Waals surface area contributed by atoms with Gasteiger partial charge in [0.15, 0.2) is 18.1 Å². The van der Waals surface area contributed by atoms with Gasteiger partial charge in [0.2, 0.25) is 0 Å². The second-order valence-electron chi connectivity index (χ2n) is 13.6. The van der Waals surface area contributed by atoms with Crippen molar-refractivity contribution in [3.63, 3.8) is 0 Å². The third kappa shape index (κ3) is 3.61. The molecule has 7 aliphatic rings. The number of carboxylic acids is 1. The van der Waals surface area contributed by atoms with Crippen molar-refractivity contribution in [3.05, 3.63) is 53.1 Å². The summed E-state index contributed by atoms with van der Waals surface area (Å²) in [5.41, 5.74) is 3.58. The number of benzene rings is 2. The average Bonchev–Trinajstić information content (AvgIpc) is 3.75. The molecule has 224 valence electrons. The number of hydrogen-bond acceptors (Lipinski definition) is 7. The van der Waals surface area contributed by atoms with Gasteiger partial charge < -0.3 is 28.8 Å². The second-order valence-corrected chi connectivity index (χ2v) is 13.6. The topological polar surface area (TPSA) is 86.7 Å². The van der Waals surface area contributed by atoms with Crippen molar-refractivity contribution in [3.8, 4) is 17.2 Å². The lowest BCUT2D eigenvalue weighted by atomic mass is 9.35. The largest absolute Gasteiger partial charge is 0.493 e. The molecule has 8 nitrogen and oxygen atoms in total. The Hall–Kier alpha value is -2.81. The van der Waals surface area contributed by atoms with Crippen molar-refractivity contribution >= 4 is 5.97 Å². The summed E-state index contributed by atoms with van der Waals surface area (Å²) in [6.07, 6.45) is 8.14. The molecule has 2 heterocycles. The molecule has 0 aromatic heterocycles. The maximum absolute atomic E-state index is 10.8. The molecule has 2 spiro atoms. The first-order valence-corrected chi connectivity index (χ1v) is 15.6. The molecule has 0 radical (unpaired) electrons. The summed E-state index contributed by atoms with van der Waals surface area (Å²) < 4.78 is 31.4. The van der Waals surface area contributed by atoms with E-state index in [1.165, 1.54) is 30.5 Å². The number of carboxylic acid groups (broad SMARTS) is 1. The number of nitrogens with zero attached hydrogens (tertiary/aromatic N) is 1. The van der Waals surface area contributed by atoms with E-state index in [9.17, 15) is 4.79 Å². The van der Waals surface area contributed by atoms with Gasteiger partial charge in [0.25, 0.3) is 0 Å². The molecule has 2 aromatic carbocycles. The van der Waals surface area contributed by atoms with E-state index in [0.29, 0.717) is 25.0 Å². The monoisotopic (exact) mass is 575 g/mol.